The normalized spacial score (nSPS) is 25.0. The van der Waals surface area contributed by atoms with Gasteiger partial charge < -0.3 is 20.3 Å². The Bertz CT molecular complexity index is 461. The molecule has 25 heavy (non-hydrogen) atoms. The van der Waals surface area contributed by atoms with E-state index in [0.29, 0.717) is 26.3 Å². The first-order valence-electron chi connectivity index (χ1n) is 9.77. The lowest BCUT2D eigenvalue weighted by Gasteiger charge is -2.31. The minimum Gasteiger partial charge on any atom is -0.381 e. The van der Waals surface area contributed by atoms with Crippen LogP contribution in [0.2, 0.25) is 0 Å². The number of carbonyl (C=O) groups is 2. The molecule has 0 spiro atoms. The second-order valence-corrected chi connectivity index (χ2v) is 7.52. The lowest BCUT2D eigenvalue weighted by Crippen LogP contribution is -2.50. The van der Waals surface area contributed by atoms with E-state index in [0.717, 1.165) is 64.8 Å². The van der Waals surface area contributed by atoms with Crippen LogP contribution in [0.4, 0.5) is 0 Å². The number of hydrogen-bond acceptors (Lipinski definition) is 5. The molecule has 0 saturated carbocycles. The molecule has 3 heterocycles. The Hall–Kier alpha value is -1.18. The van der Waals surface area contributed by atoms with Crippen molar-refractivity contribution in [1.82, 2.24) is 14.7 Å². The molecular weight excluding hydrogens is 320 g/mol. The first kappa shape index (κ1) is 18.6. The fraction of sp³-hybridized carbons (Fsp3) is 0.889. The third-order valence-electron chi connectivity index (χ3n) is 5.78. The molecule has 142 valence electrons. The molecular formula is C18H32N4O3. The minimum absolute atomic E-state index is 0.0691. The van der Waals surface area contributed by atoms with Crippen LogP contribution in [0.15, 0.2) is 0 Å². The van der Waals surface area contributed by atoms with Crippen molar-refractivity contribution < 1.29 is 14.3 Å². The van der Waals surface area contributed by atoms with Gasteiger partial charge in [-0.05, 0) is 38.0 Å². The Morgan fingerprint density at radius 1 is 0.920 bits per heavy atom. The quantitative estimate of drug-likeness (QED) is 0.764. The maximum absolute atomic E-state index is 12.8. The second-order valence-electron chi connectivity index (χ2n) is 7.52. The van der Waals surface area contributed by atoms with Crippen LogP contribution in [0.5, 0.6) is 0 Å². The number of amides is 2. The Labute approximate surface area is 150 Å². The summed E-state index contributed by atoms with van der Waals surface area (Å²) in [5.41, 5.74) is 6.25. The monoisotopic (exact) mass is 352 g/mol. The van der Waals surface area contributed by atoms with Gasteiger partial charge in [0.25, 0.3) is 0 Å². The van der Waals surface area contributed by atoms with Gasteiger partial charge >= 0.3 is 0 Å². The third kappa shape index (κ3) is 4.92. The number of nitrogens with two attached hydrogens (primary N) is 1. The molecule has 0 aromatic heterocycles. The lowest BCUT2D eigenvalue weighted by atomic mass is 9.91. The van der Waals surface area contributed by atoms with Crippen molar-refractivity contribution in [3.05, 3.63) is 0 Å². The van der Waals surface area contributed by atoms with E-state index in [1.54, 1.807) is 0 Å². The van der Waals surface area contributed by atoms with Gasteiger partial charge in [0.1, 0.15) is 0 Å². The van der Waals surface area contributed by atoms with E-state index in [-0.39, 0.29) is 17.7 Å². The summed E-state index contributed by atoms with van der Waals surface area (Å²) in [5, 5.41) is 0. The zero-order valence-electron chi connectivity index (χ0n) is 15.2. The molecule has 0 bridgehead atoms. The smallest absolute Gasteiger partial charge is 0.239 e. The van der Waals surface area contributed by atoms with Crippen LogP contribution in [0, 0.1) is 5.92 Å². The molecule has 3 aliphatic heterocycles. The standard InChI is InChI=1S/C18H32N4O3/c19-17(15-4-12-25-13-5-15)18(24)22-9-3-6-20(10-11-22)14-16(23)21-7-1-2-8-21/h15,17H,1-14,19H2. The maximum atomic E-state index is 12.8. The highest BCUT2D eigenvalue weighted by molar-refractivity contribution is 5.82. The third-order valence-corrected chi connectivity index (χ3v) is 5.78. The van der Waals surface area contributed by atoms with E-state index in [4.69, 9.17) is 10.5 Å². The SMILES string of the molecule is NC(C(=O)N1CCCN(CC(=O)N2CCCC2)CC1)C1CCOCC1. The summed E-state index contributed by atoms with van der Waals surface area (Å²) in [6.45, 7) is 6.73. The highest BCUT2D eigenvalue weighted by Crippen LogP contribution is 2.19. The molecule has 0 aliphatic carbocycles. The first-order valence-corrected chi connectivity index (χ1v) is 9.77. The number of likely N-dealkylation sites (tertiary alicyclic amines) is 1. The van der Waals surface area contributed by atoms with Crippen LogP contribution in [0.1, 0.15) is 32.1 Å². The lowest BCUT2D eigenvalue weighted by molar-refractivity contribution is -0.134. The van der Waals surface area contributed by atoms with Crippen molar-refractivity contribution >= 4 is 11.8 Å². The van der Waals surface area contributed by atoms with Crippen molar-refractivity contribution in [1.29, 1.82) is 0 Å². The van der Waals surface area contributed by atoms with Gasteiger partial charge in [0.05, 0.1) is 12.6 Å². The molecule has 7 nitrogen and oxygen atoms in total. The molecule has 2 amide bonds. The van der Waals surface area contributed by atoms with Crippen LogP contribution in [-0.2, 0) is 14.3 Å². The van der Waals surface area contributed by atoms with Gasteiger partial charge in [-0.25, -0.2) is 0 Å². The van der Waals surface area contributed by atoms with Crippen LogP contribution in [-0.4, -0.2) is 91.6 Å². The molecule has 1 atom stereocenters. The average Bonchev–Trinajstić information content (AvgIpc) is 3.09. The number of carbonyl (C=O) groups excluding carboxylic acids is 2. The van der Waals surface area contributed by atoms with Crippen molar-refractivity contribution in [2.45, 2.75) is 38.1 Å². The van der Waals surface area contributed by atoms with Crippen molar-refractivity contribution in [2.24, 2.45) is 11.7 Å². The summed E-state index contributed by atoms with van der Waals surface area (Å²) >= 11 is 0. The van der Waals surface area contributed by atoms with E-state index in [9.17, 15) is 9.59 Å². The van der Waals surface area contributed by atoms with Crippen LogP contribution in [0.3, 0.4) is 0 Å². The Morgan fingerprint density at radius 2 is 1.60 bits per heavy atom. The van der Waals surface area contributed by atoms with E-state index in [1.807, 2.05) is 9.80 Å². The average molecular weight is 352 g/mol. The topological polar surface area (TPSA) is 79.1 Å². The summed E-state index contributed by atoms with van der Waals surface area (Å²) in [6.07, 6.45) is 4.89. The summed E-state index contributed by atoms with van der Waals surface area (Å²) in [6, 6.07) is -0.415. The summed E-state index contributed by atoms with van der Waals surface area (Å²) in [5.74, 6) is 0.535. The van der Waals surface area contributed by atoms with E-state index in [2.05, 4.69) is 4.90 Å². The van der Waals surface area contributed by atoms with Crippen molar-refractivity contribution in [3.8, 4) is 0 Å². The fourth-order valence-electron chi connectivity index (χ4n) is 4.09. The molecule has 0 aromatic carbocycles. The zero-order chi connectivity index (χ0) is 17.6. The van der Waals surface area contributed by atoms with Crippen LogP contribution in [0.25, 0.3) is 0 Å². The largest absolute Gasteiger partial charge is 0.381 e. The van der Waals surface area contributed by atoms with E-state index in [1.165, 1.54) is 0 Å². The molecule has 0 radical (unpaired) electrons. The Morgan fingerprint density at radius 3 is 2.32 bits per heavy atom. The maximum Gasteiger partial charge on any atom is 0.239 e. The zero-order valence-corrected chi connectivity index (χ0v) is 15.2. The van der Waals surface area contributed by atoms with Gasteiger partial charge in [0.15, 0.2) is 0 Å². The second kappa shape index (κ2) is 8.96. The highest BCUT2D eigenvalue weighted by Gasteiger charge is 2.31. The number of nitrogens with zero attached hydrogens (tertiary/aromatic N) is 3. The summed E-state index contributed by atoms with van der Waals surface area (Å²) in [7, 11) is 0. The van der Waals surface area contributed by atoms with Crippen molar-refractivity contribution in [3.63, 3.8) is 0 Å². The van der Waals surface area contributed by atoms with Gasteiger partial charge in [-0.3, -0.25) is 14.5 Å². The van der Waals surface area contributed by atoms with Gasteiger partial charge in [0.2, 0.25) is 11.8 Å². The van der Waals surface area contributed by atoms with Gasteiger partial charge in [-0.15, -0.1) is 0 Å². The first-order chi connectivity index (χ1) is 12.1. The van der Waals surface area contributed by atoms with Gasteiger partial charge in [-0.1, -0.05) is 0 Å². The summed E-state index contributed by atoms with van der Waals surface area (Å²) in [4.78, 5) is 31.1. The van der Waals surface area contributed by atoms with Crippen LogP contribution < -0.4 is 5.73 Å². The Balaban J connectivity index is 1.47. The molecule has 3 rings (SSSR count). The number of rotatable bonds is 4. The van der Waals surface area contributed by atoms with Crippen LogP contribution >= 0.6 is 0 Å². The minimum atomic E-state index is -0.415. The molecule has 3 aliphatic rings. The molecule has 3 saturated heterocycles. The highest BCUT2D eigenvalue weighted by atomic mass is 16.5. The fourth-order valence-corrected chi connectivity index (χ4v) is 4.09. The van der Waals surface area contributed by atoms with E-state index >= 15 is 0 Å². The molecule has 1 unspecified atom stereocenters. The molecule has 3 fully saturated rings. The Kier molecular flexibility index (Phi) is 6.67. The summed E-state index contributed by atoms with van der Waals surface area (Å²) < 4.78 is 5.37. The number of ether oxygens (including phenoxy) is 1. The molecule has 0 aromatic rings. The molecule has 2 N–H and O–H groups in total. The predicted molar refractivity (Wildman–Crippen MR) is 95.0 cm³/mol. The number of hydrogen-bond donors (Lipinski definition) is 1. The molecule has 7 heteroatoms. The van der Waals surface area contributed by atoms with Crippen molar-refractivity contribution in [2.75, 3.05) is 59.0 Å². The predicted octanol–water partition coefficient (Wildman–Crippen LogP) is -0.103. The van der Waals surface area contributed by atoms with Gasteiger partial charge in [-0.2, -0.15) is 0 Å². The van der Waals surface area contributed by atoms with Gasteiger partial charge in [0, 0.05) is 52.5 Å². The van der Waals surface area contributed by atoms with E-state index < -0.39 is 6.04 Å².